The molecule has 3 aliphatic rings. The molecule has 4 heteroatoms. The van der Waals surface area contributed by atoms with E-state index in [1.54, 1.807) is 6.92 Å². The molecule has 0 saturated heterocycles. The van der Waals surface area contributed by atoms with Gasteiger partial charge < -0.3 is 14.9 Å². The number of fused-ring (bicyclic) bond motifs is 2. The van der Waals surface area contributed by atoms with E-state index < -0.39 is 23.3 Å². The van der Waals surface area contributed by atoms with Crippen molar-refractivity contribution >= 4 is 5.97 Å². The molecule has 0 radical (unpaired) electrons. The van der Waals surface area contributed by atoms with Gasteiger partial charge in [-0.2, -0.15) is 0 Å². The van der Waals surface area contributed by atoms with Crippen LogP contribution in [0.25, 0.3) is 0 Å². The minimum absolute atomic E-state index is 0.205. The van der Waals surface area contributed by atoms with Gasteiger partial charge >= 0.3 is 5.97 Å². The lowest BCUT2D eigenvalue weighted by Gasteiger charge is -2.47. The van der Waals surface area contributed by atoms with Crippen LogP contribution in [0.3, 0.4) is 0 Å². The minimum Gasteiger partial charge on any atom is -0.425 e. The van der Waals surface area contributed by atoms with Crippen LogP contribution in [0.4, 0.5) is 0 Å². The van der Waals surface area contributed by atoms with Crippen molar-refractivity contribution in [2.24, 2.45) is 5.41 Å². The molecule has 1 aliphatic heterocycles. The lowest BCUT2D eigenvalue weighted by Crippen LogP contribution is -2.48. The first-order valence-corrected chi connectivity index (χ1v) is 6.52. The highest BCUT2D eigenvalue weighted by Crippen LogP contribution is 2.54. The Morgan fingerprint density at radius 3 is 2.79 bits per heavy atom. The molecule has 0 spiro atoms. The first-order valence-electron chi connectivity index (χ1n) is 6.52. The molecule has 102 valence electrons. The third-order valence-electron chi connectivity index (χ3n) is 4.71. The van der Waals surface area contributed by atoms with Crippen LogP contribution in [0.15, 0.2) is 34.4 Å². The first-order chi connectivity index (χ1) is 8.78. The molecule has 0 fully saturated rings. The fourth-order valence-electron chi connectivity index (χ4n) is 3.46. The van der Waals surface area contributed by atoms with Gasteiger partial charge in [0.2, 0.25) is 5.79 Å². The summed E-state index contributed by atoms with van der Waals surface area (Å²) in [5, 5.41) is 20.9. The van der Waals surface area contributed by atoms with Gasteiger partial charge in [-0.15, -0.1) is 0 Å². The van der Waals surface area contributed by atoms with Crippen molar-refractivity contribution in [3.63, 3.8) is 0 Å². The number of hydrogen-bond donors (Lipinski definition) is 2. The summed E-state index contributed by atoms with van der Waals surface area (Å²) in [6, 6.07) is 0. The molecular weight excluding hydrogens is 244 g/mol. The van der Waals surface area contributed by atoms with Gasteiger partial charge in [0.1, 0.15) is 0 Å². The molecule has 3 atom stereocenters. The smallest absolute Gasteiger partial charge is 0.337 e. The lowest BCUT2D eigenvalue weighted by atomic mass is 9.62. The van der Waals surface area contributed by atoms with E-state index in [2.05, 4.69) is 0 Å². The molecule has 2 N–H and O–H groups in total. The zero-order valence-electron chi connectivity index (χ0n) is 11.4. The van der Waals surface area contributed by atoms with Crippen LogP contribution in [0.5, 0.6) is 0 Å². The Morgan fingerprint density at radius 1 is 1.42 bits per heavy atom. The molecule has 0 bridgehead atoms. The fraction of sp³-hybridized carbons (Fsp3) is 0.533. The van der Waals surface area contributed by atoms with E-state index in [1.165, 1.54) is 0 Å². The van der Waals surface area contributed by atoms with E-state index in [4.69, 9.17) is 4.74 Å². The average molecular weight is 262 g/mol. The maximum absolute atomic E-state index is 11.7. The van der Waals surface area contributed by atoms with Crippen LogP contribution < -0.4 is 0 Å². The van der Waals surface area contributed by atoms with E-state index in [-0.39, 0.29) is 6.42 Å². The molecule has 0 unspecified atom stereocenters. The zero-order valence-corrected chi connectivity index (χ0v) is 11.4. The maximum Gasteiger partial charge on any atom is 0.337 e. The Hall–Kier alpha value is -1.39. The Labute approximate surface area is 112 Å². The summed E-state index contributed by atoms with van der Waals surface area (Å²) in [6.45, 7) is 5.57. The highest BCUT2D eigenvalue weighted by atomic mass is 16.7. The number of carbonyl (C=O) groups is 1. The Bertz CT molecular complexity index is 569. The number of rotatable bonds is 0. The van der Waals surface area contributed by atoms with Gasteiger partial charge in [0.05, 0.1) is 6.10 Å². The Kier molecular flexibility index (Phi) is 2.38. The van der Waals surface area contributed by atoms with Gasteiger partial charge in [-0.3, -0.25) is 0 Å². The first kappa shape index (κ1) is 12.6. The number of ether oxygens (including phenoxy) is 1. The maximum atomic E-state index is 11.7. The van der Waals surface area contributed by atoms with Crippen molar-refractivity contribution in [1.29, 1.82) is 0 Å². The second kappa shape index (κ2) is 3.58. The molecular formula is C15H18O4. The van der Waals surface area contributed by atoms with Crippen LogP contribution in [0.1, 0.15) is 33.6 Å². The summed E-state index contributed by atoms with van der Waals surface area (Å²) in [6.07, 6.45) is 4.00. The van der Waals surface area contributed by atoms with Gasteiger partial charge in [0.15, 0.2) is 0 Å². The minimum atomic E-state index is -1.59. The fourth-order valence-corrected chi connectivity index (χ4v) is 3.46. The third-order valence-corrected chi connectivity index (χ3v) is 4.71. The normalized spacial score (nSPS) is 41.3. The zero-order chi connectivity index (χ0) is 14.0. The quantitative estimate of drug-likeness (QED) is 0.651. The summed E-state index contributed by atoms with van der Waals surface area (Å²) in [7, 11) is 0. The van der Waals surface area contributed by atoms with Gasteiger partial charge in [0, 0.05) is 23.0 Å². The van der Waals surface area contributed by atoms with E-state index >= 15 is 0 Å². The number of esters is 1. The van der Waals surface area contributed by atoms with Crippen molar-refractivity contribution in [2.75, 3.05) is 0 Å². The third kappa shape index (κ3) is 1.50. The van der Waals surface area contributed by atoms with Crippen LogP contribution >= 0.6 is 0 Å². The molecule has 0 aromatic heterocycles. The monoisotopic (exact) mass is 262 g/mol. The van der Waals surface area contributed by atoms with E-state index in [0.29, 0.717) is 17.6 Å². The molecule has 0 saturated carbocycles. The van der Waals surface area contributed by atoms with Gasteiger partial charge in [-0.1, -0.05) is 18.6 Å². The second-order valence-electron chi connectivity index (χ2n) is 6.00. The summed E-state index contributed by atoms with van der Waals surface area (Å²) >= 11 is 0. The van der Waals surface area contributed by atoms with Crippen molar-refractivity contribution in [3.8, 4) is 0 Å². The molecule has 19 heavy (non-hydrogen) atoms. The second-order valence-corrected chi connectivity index (χ2v) is 6.00. The molecule has 0 amide bonds. The van der Waals surface area contributed by atoms with Gasteiger partial charge in [0.25, 0.3) is 0 Å². The molecule has 0 aromatic rings. The Balaban J connectivity index is 2.22. The highest BCUT2D eigenvalue weighted by Gasteiger charge is 2.55. The lowest BCUT2D eigenvalue weighted by molar-refractivity contribution is -0.195. The predicted octanol–water partition coefficient (Wildman–Crippen LogP) is 1.60. The number of aliphatic hydroxyl groups is 2. The van der Waals surface area contributed by atoms with E-state index in [9.17, 15) is 15.0 Å². The molecule has 0 aromatic carbocycles. The number of carbonyl (C=O) groups excluding carboxylic acids is 1. The van der Waals surface area contributed by atoms with Gasteiger partial charge in [-0.25, -0.2) is 4.79 Å². The Morgan fingerprint density at radius 2 is 2.11 bits per heavy atom. The van der Waals surface area contributed by atoms with Crippen molar-refractivity contribution < 1.29 is 19.7 Å². The van der Waals surface area contributed by atoms with E-state index in [0.717, 1.165) is 11.1 Å². The molecule has 2 aliphatic carbocycles. The number of aliphatic hydroxyl groups excluding tert-OH is 1. The standard InChI is InChI=1S/C15H18O4/c1-8-4-5-12(16)14(3)7-15(18)11(6-10(8)14)9(2)13(17)19-15/h4,6,12,16,18H,5,7H2,1-3H3/t12-,14-,15+/m1/s1. The topological polar surface area (TPSA) is 66.8 Å². The van der Waals surface area contributed by atoms with E-state index in [1.807, 2.05) is 26.0 Å². The summed E-state index contributed by atoms with van der Waals surface area (Å²) in [5.74, 6) is -2.06. The summed E-state index contributed by atoms with van der Waals surface area (Å²) in [4.78, 5) is 11.7. The number of allylic oxidation sites excluding steroid dienone is 1. The van der Waals surface area contributed by atoms with Crippen molar-refractivity contribution in [2.45, 2.75) is 45.5 Å². The van der Waals surface area contributed by atoms with Crippen LogP contribution in [0.2, 0.25) is 0 Å². The highest BCUT2D eigenvalue weighted by molar-refractivity contribution is 5.93. The summed E-state index contributed by atoms with van der Waals surface area (Å²) < 4.78 is 5.13. The van der Waals surface area contributed by atoms with Crippen LogP contribution in [-0.4, -0.2) is 28.1 Å². The van der Waals surface area contributed by atoms with Crippen molar-refractivity contribution in [3.05, 3.63) is 34.4 Å². The molecule has 3 rings (SSSR count). The van der Waals surface area contributed by atoms with Crippen LogP contribution in [0, 0.1) is 5.41 Å². The largest absolute Gasteiger partial charge is 0.425 e. The van der Waals surface area contributed by atoms with Crippen LogP contribution in [-0.2, 0) is 9.53 Å². The molecule has 4 nitrogen and oxygen atoms in total. The number of hydrogen-bond acceptors (Lipinski definition) is 4. The van der Waals surface area contributed by atoms with Crippen molar-refractivity contribution in [1.82, 2.24) is 0 Å². The average Bonchev–Trinajstić information content (AvgIpc) is 2.53. The van der Waals surface area contributed by atoms with Gasteiger partial charge in [-0.05, 0) is 31.9 Å². The summed E-state index contributed by atoms with van der Waals surface area (Å²) in [5.41, 5.74) is 2.48. The molecule has 1 heterocycles. The predicted molar refractivity (Wildman–Crippen MR) is 68.9 cm³/mol. The SMILES string of the molecule is CC1=CC[C@@H](O)[C@]2(C)C[C@]3(O)OC(=O)C(C)=C3C=C12.